The van der Waals surface area contributed by atoms with Crippen molar-refractivity contribution in [2.75, 3.05) is 24.9 Å². The van der Waals surface area contributed by atoms with E-state index in [1.54, 1.807) is 49.4 Å². The monoisotopic (exact) mass is 392 g/mol. The van der Waals surface area contributed by atoms with Gasteiger partial charge in [0.25, 0.3) is 5.91 Å². The van der Waals surface area contributed by atoms with E-state index in [4.69, 9.17) is 9.47 Å². The van der Waals surface area contributed by atoms with Crippen molar-refractivity contribution in [3.8, 4) is 22.6 Å². The lowest BCUT2D eigenvalue weighted by atomic mass is 10.1. The molecular formula is C21H20N4O4. The number of benzene rings is 2. The molecule has 0 aliphatic carbocycles. The van der Waals surface area contributed by atoms with E-state index in [9.17, 15) is 9.59 Å². The van der Waals surface area contributed by atoms with E-state index < -0.39 is 6.04 Å². The fourth-order valence-electron chi connectivity index (χ4n) is 3.28. The van der Waals surface area contributed by atoms with Crippen LogP contribution in [0.5, 0.6) is 11.5 Å². The summed E-state index contributed by atoms with van der Waals surface area (Å²) in [5.74, 6) is 1.42. The third kappa shape index (κ3) is 3.64. The highest BCUT2D eigenvalue weighted by Crippen LogP contribution is 2.36. The Morgan fingerprint density at radius 1 is 1.14 bits per heavy atom. The van der Waals surface area contributed by atoms with Crippen LogP contribution >= 0.6 is 0 Å². The fourth-order valence-corrected chi connectivity index (χ4v) is 3.28. The van der Waals surface area contributed by atoms with Crippen LogP contribution in [-0.2, 0) is 9.59 Å². The standard InChI is InChI=1S/C21H20N4O4/c1-28-15-8-6-13(7-9-15)17-12-22-25-18(21(27)24-20(17)25)11-19(26)23-14-4-3-5-16(10-14)29-2/h3-10,12,18H,11H2,1-2H3,(H,23,26)(H,24,27). The lowest BCUT2D eigenvalue weighted by molar-refractivity contribution is -0.123. The first-order valence-corrected chi connectivity index (χ1v) is 9.05. The molecule has 1 unspecified atom stereocenters. The number of carbonyl (C=O) groups excluding carboxylic acids is 2. The highest BCUT2D eigenvalue weighted by molar-refractivity contribution is 6.04. The maximum atomic E-state index is 12.5. The Kier molecular flexibility index (Phi) is 4.90. The smallest absolute Gasteiger partial charge is 0.251 e. The number of rotatable bonds is 6. The molecule has 8 heteroatoms. The van der Waals surface area contributed by atoms with Crippen LogP contribution in [0.3, 0.4) is 0 Å². The van der Waals surface area contributed by atoms with Crippen LogP contribution < -0.4 is 20.1 Å². The molecule has 2 aromatic carbocycles. The number of hydrogen-bond acceptors (Lipinski definition) is 5. The molecule has 0 bridgehead atoms. The van der Waals surface area contributed by atoms with Gasteiger partial charge < -0.3 is 20.1 Å². The van der Waals surface area contributed by atoms with Crippen LogP contribution in [0, 0.1) is 0 Å². The predicted octanol–water partition coefficient (Wildman–Crippen LogP) is 3.09. The lowest BCUT2D eigenvalue weighted by Gasteiger charge is -2.10. The van der Waals surface area contributed by atoms with Gasteiger partial charge in [0.15, 0.2) is 0 Å². The first kappa shape index (κ1) is 18.5. The minimum atomic E-state index is -0.706. The van der Waals surface area contributed by atoms with Crippen molar-refractivity contribution < 1.29 is 19.1 Å². The van der Waals surface area contributed by atoms with Crippen molar-refractivity contribution in [2.24, 2.45) is 0 Å². The van der Waals surface area contributed by atoms with Gasteiger partial charge in [-0.15, -0.1) is 0 Å². The van der Waals surface area contributed by atoms with Gasteiger partial charge in [0, 0.05) is 17.3 Å². The molecule has 1 aliphatic heterocycles. The molecule has 2 heterocycles. The molecule has 2 N–H and O–H groups in total. The first-order chi connectivity index (χ1) is 14.1. The van der Waals surface area contributed by atoms with E-state index in [-0.39, 0.29) is 18.2 Å². The summed E-state index contributed by atoms with van der Waals surface area (Å²) in [4.78, 5) is 25.0. The second-order valence-electron chi connectivity index (χ2n) is 6.57. The van der Waals surface area contributed by atoms with Crippen molar-refractivity contribution in [2.45, 2.75) is 12.5 Å². The summed E-state index contributed by atoms with van der Waals surface area (Å²) >= 11 is 0. The summed E-state index contributed by atoms with van der Waals surface area (Å²) in [5.41, 5.74) is 2.29. The van der Waals surface area contributed by atoms with Crippen LogP contribution in [0.4, 0.5) is 11.5 Å². The van der Waals surface area contributed by atoms with Gasteiger partial charge in [0.1, 0.15) is 23.4 Å². The molecule has 1 aromatic heterocycles. The largest absolute Gasteiger partial charge is 0.497 e. The Morgan fingerprint density at radius 2 is 1.90 bits per heavy atom. The average Bonchev–Trinajstić information content (AvgIpc) is 3.27. The number of nitrogens with zero attached hydrogens (tertiary/aromatic N) is 2. The number of amides is 2. The van der Waals surface area contributed by atoms with Gasteiger partial charge in [0.2, 0.25) is 5.91 Å². The van der Waals surface area contributed by atoms with Crippen molar-refractivity contribution in [1.29, 1.82) is 0 Å². The summed E-state index contributed by atoms with van der Waals surface area (Å²) < 4.78 is 11.9. The molecule has 8 nitrogen and oxygen atoms in total. The highest BCUT2D eigenvalue weighted by atomic mass is 16.5. The predicted molar refractivity (Wildman–Crippen MR) is 108 cm³/mol. The van der Waals surface area contributed by atoms with Crippen molar-refractivity contribution >= 4 is 23.3 Å². The van der Waals surface area contributed by atoms with E-state index in [0.717, 1.165) is 16.9 Å². The quantitative estimate of drug-likeness (QED) is 0.672. The molecule has 1 aliphatic rings. The Hall–Kier alpha value is -3.81. The molecule has 29 heavy (non-hydrogen) atoms. The minimum absolute atomic E-state index is 0.0280. The van der Waals surface area contributed by atoms with Crippen LogP contribution in [-0.4, -0.2) is 35.8 Å². The van der Waals surface area contributed by atoms with E-state index in [1.807, 2.05) is 24.3 Å². The van der Waals surface area contributed by atoms with Crippen molar-refractivity contribution in [3.05, 3.63) is 54.7 Å². The number of nitrogens with one attached hydrogen (secondary N) is 2. The summed E-state index contributed by atoms with van der Waals surface area (Å²) in [6.07, 6.45) is 1.66. The van der Waals surface area contributed by atoms with E-state index in [2.05, 4.69) is 15.7 Å². The maximum absolute atomic E-state index is 12.5. The fraction of sp³-hybridized carbons (Fsp3) is 0.190. The molecule has 1 atom stereocenters. The molecular weight excluding hydrogens is 372 g/mol. The summed E-state index contributed by atoms with van der Waals surface area (Å²) in [5, 5.41) is 9.97. The second kappa shape index (κ2) is 7.67. The van der Waals surface area contributed by atoms with E-state index in [1.165, 1.54) is 0 Å². The second-order valence-corrected chi connectivity index (χ2v) is 6.57. The molecule has 0 fully saturated rings. The van der Waals surface area contributed by atoms with Crippen molar-refractivity contribution in [1.82, 2.24) is 9.78 Å². The molecule has 3 aromatic rings. The van der Waals surface area contributed by atoms with Gasteiger partial charge in [-0.2, -0.15) is 5.10 Å². The van der Waals surface area contributed by atoms with Gasteiger partial charge in [-0.25, -0.2) is 4.68 Å². The third-order valence-corrected chi connectivity index (χ3v) is 4.77. The van der Waals surface area contributed by atoms with E-state index in [0.29, 0.717) is 17.3 Å². The van der Waals surface area contributed by atoms with Crippen LogP contribution in [0.15, 0.2) is 54.7 Å². The normalized spacial score (nSPS) is 14.8. The zero-order chi connectivity index (χ0) is 20.4. The van der Waals surface area contributed by atoms with Crippen LogP contribution in [0.2, 0.25) is 0 Å². The number of anilines is 2. The van der Waals surface area contributed by atoms with Gasteiger partial charge in [-0.3, -0.25) is 9.59 Å². The Labute approximate surface area is 167 Å². The molecule has 0 saturated heterocycles. The van der Waals surface area contributed by atoms with E-state index >= 15 is 0 Å². The van der Waals surface area contributed by atoms with Gasteiger partial charge in [-0.1, -0.05) is 18.2 Å². The molecule has 0 spiro atoms. The average molecular weight is 392 g/mol. The number of carbonyl (C=O) groups is 2. The number of methoxy groups -OCH3 is 2. The molecule has 0 radical (unpaired) electrons. The third-order valence-electron chi connectivity index (χ3n) is 4.77. The maximum Gasteiger partial charge on any atom is 0.251 e. The van der Waals surface area contributed by atoms with Crippen LogP contribution in [0.1, 0.15) is 12.5 Å². The Morgan fingerprint density at radius 3 is 2.62 bits per heavy atom. The van der Waals surface area contributed by atoms with Crippen LogP contribution in [0.25, 0.3) is 11.1 Å². The van der Waals surface area contributed by atoms with Gasteiger partial charge in [-0.05, 0) is 29.8 Å². The topological polar surface area (TPSA) is 94.5 Å². The number of hydrogen-bond donors (Lipinski definition) is 2. The Balaban J connectivity index is 1.51. The first-order valence-electron chi connectivity index (χ1n) is 9.05. The highest BCUT2D eigenvalue weighted by Gasteiger charge is 2.35. The zero-order valence-corrected chi connectivity index (χ0v) is 16.0. The molecule has 148 valence electrons. The van der Waals surface area contributed by atoms with Crippen molar-refractivity contribution in [3.63, 3.8) is 0 Å². The lowest BCUT2D eigenvalue weighted by Crippen LogP contribution is -2.23. The van der Waals surface area contributed by atoms with Gasteiger partial charge in [0.05, 0.1) is 26.8 Å². The van der Waals surface area contributed by atoms with Gasteiger partial charge >= 0.3 is 0 Å². The summed E-state index contributed by atoms with van der Waals surface area (Å²) in [6, 6.07) is 13.8. The minimum Gasteiger partial charge on any atom is -0.497 e. The molecule has 0 saturated carbocycles. The number of ether oxygens (including phenoxy) is 2. The summed E-state index contributed by atoms with van der Waals surface area (Å²) in [6.45, 7) is 0. The summed E-state index contributed by atoms with van der Waals surface area (Å²) in [7, 11) is 3.16. The number of fused-ring (bicyclic) bond motifs is 1. The Bertz CT molecular complexity index is 1060. The zero-order valence-electron chi connectivity index (χ0n) is 16.0. The molecule has 4 rings (SSSR count). The molecule has 2 amide bonds. The number of aromatic nitrogens is 2. The SMILES string of the molecule is COc1ccc(-c2cnn3c2NC(=O)C3CC(=O)Nc2cccc(OC)c2)cc1.